The molecule has 0 fully saturated rings. The Labute approximate surface area is 78.2 Å². The smallest absolute Gasteiger partial charge is 0.175 e. The van der Waals surface area contributed by atoms with Gasteiger partial charge in [0, 0.05) is 5.56 Å². The number of Topliss-reactive ketones (excluding diaryl/α,β-unsaturated/α-hetero) is 1. The highest BCUT2D eigenvalue weighted by Crippen LogP contribution is 2.10. The number of carbonyl (C=O) groups is 1. The molecule has 12 heavy (non-hydrogen) atoms. The first-order valence-corrected chi connectivity index (χ1v) is 4.54. The van der Waals surface area contributed by atoms with Crippen molar-refractivity contribution in [1.29, 1.82) is 0 Å². The molecule has 0 bridgehead atoms. The van der Waals surface area contributed by atoms with E-state index < -0.39 is 0 Å². The number of rotatable bonds is 3. The molecule has 0 aliphatic heterocycles. The van der Waals surface area contributed by atoms with Crippen LogP contribution in [0.25, 0.3) is 0 Å². The van der Waals surface area contributed by atoms with Crippen molar-refractivity contribution in [1.82, 2.24) is 0 Å². The second kappa shape index (κ2) is 4.31. The molecule has 1 aromatic rings. The summed E-state index contributed by atoms with van der Waals surface area (Å²) in [6.45, 7) is 1.96. The van der Waals surface area contributed by atoms with Gasteiger partial charge in [-0.25, -0.2) is 0 Å². The second-order valence-corrected chi connectivity index (χ2v) is 3.28. The average Bonchev–Trinajstić information content (AvgIpc) is 2.17. The highest BCUT2D eigenvalue weighted by atomic mass is 32.1. The summed E-state index contributed by atoms with van der Waals surface area (Å²) in [6.07, 6.45) is 0.775. The Hall–Kier alpha value is -0.760. The molecule has 0 amide bonds. The van der Waals surface area contributed by atoms with Gasteiger partial charge in [0.05, 0.1) is 5.25 Å². The molecule has 0 spiro atoms. The predicted molar refractivity (Wildman–Crippen MR) is 53.8 cm³/mol. The van der Waals surface area contributed by atoms with Crippen LogP contribution in [0.1, 0.15) is 23.7 Å². The Morgan fingerprint density at radius 1 is 1.42 bits per heavy atom. The zero-order chi connectivity index (χ0) is 8.97. The zero-order valence-electron chi connectivity index (χ0n) is 7.03. The van der Waals surface area contributed by atoms with Crippen molar-refractivity contribution in [2.75, 3.05) is 0 Å². The molecule has 1 unspecified atom stereocenters. The molecule has 0 saturated carbocycles. The Bertz CT molecular complexity index is 256. The van der Waals surface area contributed by atoms with Crippen LogP contribution in [-0.4, -0.2) is 11.0 Å². The second-order valence-electron chi connectivity index (χ2n) is 2.65. The van der Waals surface area contributed by atoms with E-state index in [9.17, 15) is 4.79 Å². The normalized spacial score (nSPS) is 12.5. The lowest BCUT2D eigenvalue weighted by atomic mass is 10.1. The van der Waals surface area contributed by atoms with Crippen LogP contribution in [0, 0.1) is 0 Å². The summed E-state index contributed by atoms with van der Waals surface area (Å²) in [6, 6.07) is 9.27. The largest absolute Gasteiger partial charge is 0.293 e. The van der Waals surface area contributed by atoms with Gasteiger partial charge in [-0.1, -0.05) is 37.3 Å². The van der Waals surface area contributed by atoms with Crippen LogP contribution in [0.5, 0.6) is 0 Å². The molecule has 2 heteroatoms. The SMILES string of the molecule is CCC(S)C(=O)c1ccccc1. The fraction of sp³-hybridized carbons (Fsp3) is 0.300. The molecular weight excluding hydrogens is 168 g/mol. The van der Waals surface area contributed by atoms with Gasteiger partial charge in [-0.15, -0.1) is 0 Å². The summed E-state index contributed by atoms with van der Waals surface area (Å²) >= 11 is 4.19. The fourth-order valence-corrected chi connectivity index (χ4v) is 1.13. The van der Waals surface area contributed by atoms with E-state index in [1.165, 1.54) is 0 Å². The summed E-state index contributed by atoms with van der Waals surface area (Å²) < 4.78 is 0. The lowest BCUT2D eigenvalue weighted by Gasteiger charge is -2.05. The van der Waals surface area contributed by atoms with Crippen molar-refractivity contribution in [3.63, 3.8) is 0 Å². The minimum absolute atomic E-state index is 0.112. The molecule has 0 aliphatic rings. The lowest BCUT2D eigenvalue weighted by molar-refractivity contribution is 0.0988. The van der Waals surface area contributed by atoms with E-state index >= 15 is 0 Å². The van der Waals surface area contributed by atoms with Gasteiger partial charge in [-0.05, 0) is 6.42 Å². The Kier molecular flexibility index (Phi) is 3.35. The number of carbonyl (C=O) groups excluding carboxylic acids is 1. The molecule has 0 aromatic heterocycles. The van der Waals surface area contributed by atoms with Crippen LogP contribution in [-0.2, 0) is 0 Å². The lowest BCUT2D eigenvalue weighted by Crippen LogP contribution is -2.13. The van der Waals surface area contributed by atoms with Gasteiger partial charge in [-0.3, -0.25) is 4.79 Å². The van der Waals surface area contributed by atoms with E-state index in [0.717, 1.165) is 12.0 Å². The van der Waals surface area contributed by atoms with Crippen LogP contribution in [0.2, 0.25) is 0 Å². The first-order valence-electron chi connectivity index (χ1n) is 4.03. The van der Waals surface area contributed by atoms with Crippen LogP contribution in [0.3, 0.4) is 0 Å². The number of ketones is 1. The summed E-state index contributed by atoms with van der Waals surface area (Å²) in [5.74, 6) is 0.112. The Balaban J connectivity index is 2.79. The van der Waals surface area contributed by atoms with E-state index in [0.29, 0.717) is 0 Å². The molecule has 1 aromatic carbocycles. The summed E-state index contributed by atoms with van der Waals surface area (Å²) in [7, 11) is 0. The molecule has 0 saturated heterocycles. The standard InChI is InChI=1S/C10H12OS/c1-2-9(12)10(11)8-6-4-3-5-7-8/h3-7,9,12H,2H2,1H3. The maximum atomic E-state index is 11.5. The monoisotopic (exact) mass is 180 g/mol. The van der Waals surface area contributed by atoms with Crippen molar-refractivity contribution in [2.45, 2.75) is 18.6 Å². The van der Waals surface area contributed by atoms with Crippen LogP contribution < -0.4 is 0 Å². The third-order valence-electron chi connectivity index (χ3n) is 1.75. The Morgan fingerprint density at radius 2 is 2.00 bits per heavy atom. The van der Waals surface area contributed by atoms with Crippen LogP contribution in [0.15, 0.2) is 30.3 Å². The molecule has 64 valence electrons. The number of benzene rings is 1. The van der Waals surface area contributed by atoms with Crippen molar-refractivity contribution in [2.24, 2.45) is 0 Å². The number of hydrogen-bond acceptors (Lipinski definition) is 2. The predicted octanol–water partition coefficient (Wildman–Crippen LogP) is 2.58. The molecule has 0 aliphatic carbocycles. The maximum Gasteiger partial charge on any atom is 0.175 e. The molecule has 1 nitrogen and oxygen atoms in total. The summed E-state index contributed by atoms with van der Waals surface area (Å²) in [4.78, 5) is 11.5. The number of thiol groups is 1. The Morgan fingerprint density at radius 3 is 2.50 bits per heavy atom. The zero-order valence-corrected chi connectivity index (χ0v) is 7.92. The molecule has 0 radical (unpaired) electrons. The van der Waals surface area contributed by atoms with Gasteiger partial charge in [-0.2, -0.15) is 12.6 Å². The molecular formula is C10H12OS. The van der Waals surface area contributed by atoms with Gasteiger partial charge < -0.3 is 0 Å². The van der Waals surface area contributed by atoms with E-state index in [1.54, 1.807) is 0 Å². The molecule has 1 atom stereocenters. The van der Waals surface area contributed by atoms with Crippen molar-refractivity contribution < 1.29 is 4.79 Å². The first kappa shape index (κ1) is 9.33. The summed E-state index contributed by atoms with van der Waals surface area (Å²) in [5.41, 5.74) is 0.749. The van der Waals surface area contributed by atoms with Crippen LogP contribution in [0.4, 0.5) is 0 Å². The average molecular weight is 180 g/mol. The third-order valence-corrected chi connectivity index (χ3v) is 2.35. The first-order chi connectivity index (χ1) is 5.75. The summed E-state index contributed by atoms with van der Waals surface area (Å²) in [5, 5.41) is -0.160. The van der Waals surface area contributed by atoms with Crippen molar-refractivity contribution >= 4 is 18.4 Å². The van der Waals surface area contributed by atoms with Crippen molar-refractivity contribution in [3.8, 4) is 0 Å². The highest BCUT2D eigenvalue weighted by molar-refractivity contribution is 7.81. The van der Waals surface area contributed by atoms with Crippen molar-refractivity contribution in [3.05, 3.63) is 35.9 Å². The third kappa shape index (κ3) is 2.11. The van der Waals surface area contributed by atoms with Gasteiger partial charge in [0.15, 0.2) is 5.78 Å². The van der Waals surface area contributed by atoms with Gasteiger partial charge in [0.25, 0.3) is 0 Å². The highest BCUT2D eigenvalue weighted by Gasteiger charge is 2.12. The van der Waals surface area contributed by atoms with Gasteiger partial charge in [0.2, 0.25) is 0 Å². The molecule has 0 N–H and O–H groups in total. The van der Waals surface area contributed by atoms with E-state index in [2.05, 4.69) is 12.6 Å². The molecule has 0 heterocycles. The molecule has 1 rings (SSSR count). The topological polar surface area (TPSA) is 17.1 Å². The van der Waals surface area contributed by atoms with E-state index in [1.807, 2.05) is 37.3 Å². The van der Waals surface area contributed by atoms with Gasteiger partial charge in [0.1, 0.15) is 0 Å². The fourth-order valence-electron chi connectivity index (χ4n) is 0.980. The van der Waals surface area contributed by atoms with E-state index in [-0.39, 0.29) is 11.0 Å². The minimum atomic E-state index is -0.160. The number of hydrogen-bond donors (Lipinski definition) is 1. The minimum Gasteiger partial charge on any atom is -0.293 e. The van der Waals surface area contributed by atoms with E-state index in [4.69, 9.17) is 0 Å². The van der Waals surface area contributed by atoms with Crippen LogP contribution >= 0.6 is 12.6 Å². The maximum absolute atomic E-state index is 11.5. The van der Waals surface area contributed by atoms with Gasteiger partial charge >= 0.3 is 0 Å². The quantitative estimate of drug-likeness (QED) is 0.559.